The molecule has 3 heteroatoms. The van der Waals surface area contributed by atoms with Gasteiger partial charge < -0.3 is 4.74 Å². The number of hydrogen-bond acceptors (Lipinski definition) is 3. The highest BCUT2D eigenvalue weighted by Crippen LogP contribution is 2.45. The van der Waals surface area contributed by atoms with Gasteiger partial charge in [-0.2, -0.15) is 5.26 Å². The maximum Gasteiger partial charge on any atom is 0.111 e. The minimum atomic E-state index is -0.334. The second kappa shape index (κ2) is 4.35. The predicted molar refractivity (Wildman–Crippen MR) is 63.0 cm³/mol. The summed E-state index contributed by atoms with van der Waals surface area (Å²) in [5.41, 5.74) is -0.251. The van der Waals surface area contributed by atoms with Gasteiger partial charge in [0.1, 0.15) is 5.54 Å². The molecule has 2 atom stereocenters. The van der Waals surface area contributed by atoms with Crippen LogP contribution in [-0.2, 0) is 4.74 Å². The zero-order valence-electron chi connectivity index (χ0n) is 10.4. The van der Waals surface area contributed by atoms with E-state index in [1.165, 1.54) is 0 Å². The first-order valence-corrected chi connectivity index (χ1v) is 6.38. The summed E-state index contributed by atoms with van der Waals surface area (Å²) in [5.74, 6) is 0. The summed E-state index contributed by atoms with van der Waals surface area (Å²) in [6.07, 6.45) is 5.88. The molecular weight excluding hydrogens is 200 g/mol. The van der Waals surface area contributed by atoms with Crippen LogP contribution in [0.2, 0.25) is 0 Å². The van der Waals surface area contributed by atoms with E-state index in [0.29, 0.717) is 6.10 Å². The fraction of sp³-hybridized carbons (Fsp3) is 0.923. The van der Waals surface area contributed by atoms with E-state index in [4.69, 9.17) is 4.74 Å². The summed E-state index contributed by atoms with van der Waals surface area (Å²) in [6, 6.07) is 2.52. The van der Waals surface area contributed by atoms with Crippen molar-refractivity contribution in [3.8, 4) is 6.07 Å². The molecular formula is C13H22N2O. The highest BCUT2D eigenvalue weighted by Gasteiger charge is 2.49. The first-order chi connectivity index (χ1) is 7.60. The summed E-state index contributed by atoms with van der Waals surface area (Å²) < 4.78 is 5.60. The molecule has 1 heterocycles. The van der Waals surface area contributed by atoms with Crippen molar-refractivity contribution in [2.24, 2.45) is 5.41 Å². The molecule has 1 aliphatic heterocycles. The van der Waals surface area contributed by atoms with Crippen LogP contribution in [0.4, 0.5) is 0 Å². The van der Waals surface area contributed by atoms with Crippen LogP contribution in [0.1, 0.15) is 46.0 Å². The summed E-state index contributed by atoms with van der Waals surface area (Å²) in [5, 5.41) is 13.0. The molecule has 0 amide bonds. The van der Waals surface area contributed by atoms with Gasteiger partial charge in [-0.05, 0) is 37.5 Å². The highest BCUT2D eigenvalue weighted by atomic mass is 16.5. The maximum atomic E-state index is 9.47. The topological polar surface area (TPSA) is 45.0 Å². The van der Waals surface area contributed by atoms with Crippen LogP contribution < -0.4 is 5.32 Å². The summed E-state index contributed by atoms with van der Waals surface area (Å²) in [6.45, 7) is 6.11. The van der Waals surface area contributed by atoms with Gasteiger partial charge in [0.25, 0.3) is 0 Å². The zero-order valence-corrected chi connectivity index (χ0v) is 10.4. The third-order valence-corrected chi connectivity index (χ3v) is 4.36. The van der Waals surface area contributed by atoms with Crippen molar-refractivity contribution in [2.45, 2.75) is 57.6 Å². The Morgan fingerprint density at radius 2 is 2.19 bits per heavy atom. The number of rotatable bonds is 3. The fourth-order valence-corrected chi connectivity index (χ4v) is 3.02. The minimum absolute atomic E-state index is 0.0837. The maximum absolute atomic E-state index is 9.47. The Labute approximate surface area is 98.2 Å². The summed E-state index contributed by atoms with van der Waals surface area (Å²) in [7, 11) is 0. The molecule has 0 radical (unpaired) electrons. The monoisotopic (exact) mass is 222 g/mol. The molecule has 1 saturated heterocycles. The van der Waals surface area contributed by atoms with Gasteiger partial charge in [0.15, 0.2) is 0 Å². The molecule has 1 aliphatic carbocycles. The summed E-state index contributed by atoms with van der Waals surface area (Å²) >= 11 is 0. The average Bonchev–Trinajstić information content (AvgIpc) is 2.83. The predicted octanol–water partition coefficient (Wildman–Crippen LogP) is 2.23. The Morgan fingerprint density at radius 1 is 1.38 bits per heavy atom. The van der Waals surface area contributed by atoms with E-state index < -0.39 is 0 Å². The van der Waals surface area contributed by atoms with Crippen molar-refractivity contribution in [3.05, 3.63) is 0 Å². The van der Waals surface area contributed by atoms with Crippen molar-refractivity contribution in [1.29, 1.82) is 5.26 Å². The first-order valence-electron chi connectivity index (χ1n) is 6.38. The lowest BCUT2D eigenvalue weighted by Gasteiger charge is -2.37. The molecule has 1 saturated carbocycles. The molecule has 16 heavy (non-hydrogen) atoms. The third kappa shape index (κ3) is 1.97. The molecule has 2 aliphatic rings. The normalized spacial score (nSPS) is 37.4. The fourth-order valence-electron chi connectivity index (χ4n) is 3.02. The average molecular weight is 222 g/mol. The highest BCUT2D eigenvalue weighted by molar-refractivity contribution is 5.18. The van der Waals surface area contributed by atoms with Gasteiger partial charge >= 0.3 is 0 Å². The molecule has 0 aromatic rings. The molecule has 1 N–H and O–H groups in total. The minimum Gasteiger partial charge on any atom is -0.377 e. The lowest BCUT2D eigenvalue weighted by atomic mass is 9.76. The number of nitrogens with zero attached hydrogens (tertiary/aromatic N) is 1. The molecule has 3 nitrogen and oxygen atoms in total. The Bertz CT molecular complexity index is 289. The molecule has 2 fully saturated rings. The Balaban J connectivity index is 1.97. The van der Waals surface area contributed by atoms with Gasteiger partial charge in [0.2, 0.25) is 0 Å². The molecule has 0 aromatic heterocycles. The number of nitriles is 1. The molecule has 2 rings (SSSR count). The van der Waals surface area contributed by atoms with Gasteiger partial charge in [0, 0.05) is 13.2 Å². The largest absolute Gasteiger partial charge is 0.377 e. The van der Waals surface area contributed by atoms with Crippen LogP contribution >= 0.6 is 0 Å². The standard InChI is InChI=1S/C13H22N2O/c1-12(2)6-4-7-13(12,10-14)15-9-11-5-3-8-16-11/h11,15H,3-9H2,1-2H3. The van der Waals surface area contributed by atoms with E-state index in [-0.39, 0.29) is 11.0 Å². The van der Waals surface area contributed by atoms with E-state index in [1.807, 2.05) is 0 Å². The van der Waals surface area contributed by atoms with Crippen molar-refractivity contribution >= 4 is 0 Å². The van der Waals surface area contributed by atoms with Crippen molar-refractivity contribution in [3.63, 3.8) is 0 Å². The van der Waals surface area contributed by atoms with E-state index >= 15 is 0 Å². The van der Waals surface area contributed by atoms with Gasteiger partial charge in [-0.1, -0.05) is 13.8 Å². The van der Waals surface area contributed by atoms with E-state index in [9.17, 15) is 5.26 Å². The second-order valence-electron chi connectivity index (χ2n) is 5.77. The Hall–Kier alpha value is -0.590. The second-order valence-corrected chi connectivity index (χ2v) is 5.77. The van der Waals surface area contributed by atoms with Crippen LogP contribution in [0.5, 0.6) is 0 Å². The van der Waals surface area contributed by atoms with Crippen molar-refractivity contribution in [2.75, 3.05) is 13.2 Å². The Kier molecular flexibility index (Phi) is 3.23. The van der Waals surface area contributed by atoms with Gasteiger partial charge in [-0.15, -0.1) is 0 Å². The van der Waals surface area contributed by atoms with E-state index in [0.717, 1.165) is 45.3 Å². The molecule has 2 unspecified atom stereocenters. The molecule has 0 aromatic carbocycles. The van der Waals surface area contributed by atoms with Crippen LogP contribution in [-0.4, -0.2) is 24.8 Å². The smallest absolute Gasteiger partial charge is 0.111 e. The first kappa shape index (κ1) is 11.9. The molecule has 0 bridgehead atoms. The quantitative estimate of drug-likeness (QED) is 0.796. The van der Waals surface area contributed by atoms with Crippen LogP contribution in [0, 0.1) is 16.7 Å². The lowest BCUT2D eigenvalue weighted by molar-refractivity contribution is 0.0946. The molecule has 0 spiro atoms. The van der Waals surface area contributed by atoms with Crippen LogP contribution in [0.15, 0.2) is 0 Å². The van der Waals surface area contributed by atoms with E-state index in [2.05, 4.69) is 25.2 Å². The van der Waals surface area contributed by atoms with Crippen molar-refractivity contribution in [1.82, 2.24) is 5.32 Å². The summed E-state index contributed by atoms with van der Waals surface area (Å²) in [4.78, 5) is 0. The third-order valence-electron chi connectivity index (χ3n) is 4.36. The number of hydrogen-bond donors (Lipinski definition) is 1. The number of nitrogens with one attached hydrogen (secondary N) is 1. The lowest BCUT2D eigenvalue weighted by Crippen LogP contribution is -2.53. The van der Waals surface area contributed by atoms with E-state index in [1.54, 1.807) is 0 Å². The van der Waals surface area contributed by atoms with Crippen molar-refractivity contribution < 1.29 is 4.74 Å². The number of ether oxygens (including phenoxy) is 1. The SMILES string of the molecule is CC1(C)CCCC1(C#N)NCC1CCCO1. The molecule has 90 valence electrons. The van der Waals surface area contributed by atoms with Crippen LogP contribution in [0.3, 0.4) is 0 Å². The zero-order chi connectivity index (χ0) is 11.6. The van der Waals surface area contributed by atoms with Gasteiger partial charge in [-0.25, -0.2) is 0 Å². The van der Waals surface area contributed by atoms with Gasteiger partial charge in [0.05, 0.1) is 12.2 Å². The van der Waals surface area contributed by atoms with Crippen LogP contribution in [0.25, 0.3) is 0 Å². The van der Waals surface area contributed by atoms with Gasteiger partial charge in [-0.3, -0.25) is 5.32 Å². The Morgan fingerprint density at radius 3 is 2.69 bits per heavy atom.